The van der Waals surface area contributed by atoms with E-state index in [-0.39, 0.29) is 9.92 Å². The SMILES string of the molecule is O=[N+]([O-])c1sc2ccccc2c1/C=C/c1csc2ccccc12. The van der Waals surface area contributed by atoms with Crippen LogP contribution < -0.4 is 0 Å². The normalized spacial score (nSPS) is 11.7. The van der Waals surface area contributed by atoms with Gasteiger partial charge < -0.3 is 0 Å². The van der Waals surface area contributed by atoms with Gasteiger partial charge in [-0.05, 0) is 34.5 Å². The molecule has 0 saturated heterocycles. The van der Waals surface area contributed by atoms with E-state index in [1.165, 1.54) is 21.4 Å². The number of thiophene rings is 2. The van der Waals surface area contributed by atoms with Gasteiger partial charge in [-0.25, -0.2) is 0 Å². The Morgan fingerprint density at radius 3 is 2.39 bits per heavy atom. The van der Waals surface area contributed by atoms with Crippen molar-refractivity contribution in [2.24, 2.45) is 0 Å². The molecular weight excluding hydrogens is 326 g/mol. The topological polar surface area (TPSA) is 43.1 Å². The third kappa shape index (κ3) is 2.44. The summed E-state index contributed by atoms with van der Waals surface area (Å²) in [5, 5.41) is 15.7. The predicted molar refractivity (Wildman–Crippen MR) is 99.2 cm³/mol. The molecule has 5 heteroatoms. The van der Waals surface area contributed by atoms with Crippen LogP contribution in [-0.4, -0.2) is 4.92 Å². The van der Waals surface area contributed by atoms with Gasteiger partial charge in [0.05, 0.1) is 10.5 Å². The van der Waals surface area contributed by atoms with Crippen molar-refractivity contribution in [3.63, 3.8) is 0 Å². The fourth-order valence-corrected chi connectivity index (χ4v) is 4.58. The first-order valence-electron chi connectivity index (χ1n) is 7.04. The highest BCUT2D eigenvalue weighted by molar-refractivity contribution is 7.22. The lowest BCUT2D eigenvalue weighted by atomic mass is 10.1. The zero-order valence-electron chi connectivity index (χ0n) is 11.9. The van der Waals surface area contributed by atoms with Crippen molar-refractivity contribution in [2.75, 3.05) is 0 Å². The van der Waals surface area contributed by atoms with Crippen molar-refractivity contribution in [3.05, 3.63) is 75.2 Å². The molecule has 0 aliphatic carbocycles. The Hall–Kier alpha value is -2.50. The summed E-state index contributed by atoms with van der Waals surface area (Å²) in [7, 11) is 0. The van der Waals surface area contributed by atoms with Gasteiger partial charge in [0, 0.05) is 14.8 Å². The van der Waals surface area contributed by atoms with Gasteiger partial charge in [0.15, 0.2) is 0 Å². The predicted octanol–water partition coefficient (Wildman–Crippen LogP) is 6.19. The Morgan fingerprint density at radius 1 is 0.913 bits per heavy atom. The maximum atomic E-state index is 11.3. The van der Waals surface area contributed by atoms with Crippen molar-refractivity contribution in [2.45, 2.75) is 0 Å². The van der Waals surface area contributed by atoms with Crippen molar-refractivity contribution in [3.8, 4) is 0 Å². The van der Waals surface area contributed by atoms with Gasteiger partial charge in [0.2, 0.25) is 0 Å². The lowest BCUT2D eigenvalue weighted by molar-refractivity contribution is -0.380. The molecule has 0 unspecified atom stereocenters. The Bertz CT molecular complexity index is 1060. The maximum absolute atomic E-state index is 11.3. The summed E-state index contributed by atoms with van der Waals surface area (Å²) in [6.07, 6.45) is 3.84. The minimum absolute atomic E-state index is 0.196. The second-order valence-corrected chi connectivity index (χ2v) is 7.04. The highest BCUT2D eigenvalue weighted by atomic mass is 32.1. The maximum Gasteiger partial charge on any atom is 0.332 e. The van der Waals surface area contributed by atoms with Crippen LogP contribution in [0.1, 0.15) is 11.1 Å². The smallest absolute Gasteiger partial charge is 0.258 e. The van der Waals surface area contributed by atoms with Gasteiger partial charge >= 0.3 is 5.00 Å². The van der Waals surface area contributed by atoms with Crippen LogP contribution in [0.4, 0.5) is 5.00 Å². The van der Waals surface area contributed by atoms with Crippen LogP contribution in [0.25, 0.3) is 32.3 Å². The van der Waals surface area contributed by atoms with E-state index < -0.39 is 0 Å². The van der Waals surface area contributed by atoms with Crippen LogP contribution in [-0.2, 0) is 0 Å². The zero-order chi connectivity index (χ0) is 15.8. The van der Waals surface area contributed by atoms with Crippen LogP contribution in [0.3, 0.4) is 0 Å². The van der Waals surface area contributed by atoms with Gasteiger partial charge in [-0.1, -0.05) is 53.8 Å². The quantitative estimate of drug-likeness (QED) is 0.330. The summed E-state index contributed by atoms with van der Waals surface area (Å²) in [5.74, 6) is 0. The first-order valence-corrected chi connectivity index (χ1v) is 8.74. The number of nitrogens with zero attached hydrogens (tertiary/aromatic N) is 1. The van der Waals surface area contributed by atoms with E-state index in [4.69, 9.17) is 0 Å². The first kappa shape index (κ1) is 14.1. The molecule has 2 aromatic heterocycles. The third-order valence-corrected chi connectivity index (χ3v) is 5.84. The molecule has 112 valence electrons. The summed E-state index contributed by atoms with van der Waals surface area (Å²) in [6, 6.07) is 15.9. The molecule has 2 heterocycles. The minimum Gasteiger partial charge on any atom is -0.258 e. The van der Waals surface area contributed by atoms with E-state index in [9.17, 15) is 10.1 Å². The molecule has 4 rings (SSSR count). The second-order valence-electron chi connectivity index (χ2n) is 5.09. The third-order valence-electron chi connectivity index (χ3n) is 3.72. The standard InChI is InChI=1S/C18H11NO2S2/c20-19(21)18-15(14-6-2-4-8-17(14)23-18)10-9-12-11-22-16-7-3-1-5-13(12)16/h1-11H/b10-9+. The average Bonchev–Trinajstić information content (AvgIpc) is 3.14. The molecular formula is C18H11NO2S2. The van der Waals surface area contributed by atoms with E-state index in [1.54, 1.807) is 11.3 Å². The molecule has 23 heavy (non-hydrogen) atoms. The molecule has 0 aliphatic heterocycles. The van der Waals surface area contributed by atoms with E-state index in [0.717, 1.165) is 15.6 Å². The van der Waals surface area contributed by atoms with Crippen LogP contribution in [0.15, 0.2) is 53.9 Å². The van der Waals surface area contributed by atoms with E-state index in [0.29, 0.717) is 5.56 Å². The Labute approximate surface area is 140 Å². The van der Waals surface area contributed by atoms with Gasteiger partial charge in [0.1, 0.15) is 0 Å². The Morgan fingerprint density at radius 2 is 1.61 bits per heavy atom. The van der Waals surface area contributed by atoms with E-state index in [2.05, 4.69) is 17.5 Å². The monoisotopic (exact) mass is 337 g/mol. The molecule has 3 nitrogen and oxygen atoms in total. The average molecular weight is 337 g/mol. The fourth-order valence-electron chi connectivity index (χ4n) is 2.65. The van der Waals surface area contributed by atoms with Crippen LogP contribution in [0.2, 0.25) is 0 Å². The Kier molecular flexibility index (Phi) is 3.44. The number of fused-ring (bicyclic) bond motifs is 2. The molecule has 0 fully saturated rings. The number of hydrogen-bond donors (Lipinski definition) is 0. The van der Waals surface area contributed by atoms with Crippen molar-refractivity contribution in [1.29, 1.82) is 0 Å². The van der Waals surface area contributed by atoms with Crippen LogP contribution in [0, 0.1) is 10.1 Å². The molecule has 0 spiro atoms. The van der Waals surface area contributed by atoms with Crippen molar-refractivity contribution < 1.29 is 4.92 Å². The van der Waals surface area contributed by atoms with E-state index >= 15 is 0 Å². The van der Waals surface area contributed by atoms with Crippen molar-refractivity contribution in [1.82, 2.24) is 0 Å². The molecule has 0 amide bonds. The molecule has 0 saturated carbocycles. The number of benzene rings is 2. The van der Waals surface area contributed by atoms with Crippen LogP contribution >= 0.6 is 22.7 Å². The highest BCUT2D eigenvalue weighted by Gasteiger charge is 2.19. The summed E-state index contributed by atoms with van der Waals surface area (Å²) in [5.41, 5.74) is 1.78. The van der Waals surface area contributed by atoms with Gasteiger partial charge in [-0.3, -0.25) is 10.1 Å². The summed E-state index contributed by atoms with van der Waals surface area (Å²) < 4.78 is 2.16. The summed E-state index contributed by atoms with van der Waals surface area (Å²) in [4.78, 5) is 11.1. The van der Waals surface area contributed by atoms with Gasteiger partial charge in [-0.2, -0.15) is 0 Å². The number of rotatable bonds is 3. The molecule has 0 radical (unpaired) electrons. The summed E-state index contributed by atoms with van der Waals surface area (Å²) in [6.45, 7) is 0. The molecule has 0 bridgehead atoms. The minimum atomic E-state index is -0.296. The zero-order valence-corrected chi connectivity index (χ0v) is 13.6. The fraction of sp³-hybridized carbons (Fsp3) is 0. The largest absolute Gasteiger partial charge is 0.332 e. The number of hydrogen-bond acceptors (Lipinski definition) is 4. The highest BCUT2D eigenvalue weighted by Crippen LogP contribution is 2.38. The van der Waals surface area contributed by atoms with Gasteiger partial charge in [0.25, 0.3) is 0 Å². The Balaban J connectivity index is 1.86. The molecule has 0 atom stereocenters. The summed E-state index contributed by atoms with van der Waals surface area (Å²) >= 11 is 2.91. The lowest BCUT2D eigenvalue weighted by Gasteiger charge is -1.93. The van der Waals surface area contributed by atoms with Crippen molar-refractivity contribution >= 4 is 60.0 Å². The first-order chi connectivity index (χ1) is 11.2. The molecule has 2 aromatic carbocycles. The second kappa shape index (κ2) is 5.61. The molecule has 0 aliphatic rings. The molecule has 4 aromatic rings. The van der Waals surface area contributed by atoms with E-state index in [1.807, 2.05) is 48.6 Å². The molecule has 0 N–H and O–H groups in total. The number of nitro groups is 1. The van der Waals surface area contributed by atoms with Gasteiger partial charge in [-0.15, -0.1) is 11.3 Å². The van der Waals surface area contributed by atoms with Crippen LogP contribution in [0.5, 0.6) is 0 Å². The lowest BCUT2D eigenvalue weighted by Crippen LogP contribution is -1.85.